The summed E-state index contributed by atoms with van der Waals surface area (Å²) in [4.78, 5) is 16.8. The van der Waals surface area contributed by atoms with Crippen LogP contribution in [0.2, 0.25) is 5.02 Å². The Bertz CT molecular complexity index is 960. The fourth-order valence-corrected chi connectivity index (χ4v) is 2.82. The number of aryl methyl sites for hydroxylation is 1. The number of nitrogens with zero attached hydrogens (tertiary/aromatic N) is 1. The van der Waals surface area contributed by atoms with E-state index in [1.54, 1.807) is 19.4 Å². The van der Waals surface area contributed by atoms with Crippen LogP contribution in [0.5, 0.6) is 5.75 Å². The molecule has 0 radical (unpaired) electrons. The molecule has 5 nitrogen and oxygen atoms in total. The minimum Gasteiger partial charge on any atom is -0.495 e. The van der Waals surface area contributed by atoms with Gasteiger partial charge in [0.25, 0.3) is 5.91 Å². The molecule has 0 unspecified atom stereocenters. The number of aromatic nitrogens is 1. The SMILES string of the molecule is COc1ccc(C)cc1NC(=O)c1cncc(NCc2ccccc2Cl)c1. The summed E-state index contributed by atoms with van der Waals surface area (Å²) in [6.07, 6.45) is 3.19. The van der Waals surface area contributed by atoms with Gasteiger partial charge in [-0.2, -0.15) is 0 Å². The maximum Gasteiger partial charge on any atom is 0.257 e. The lowest BCUT2D eigenvalue weighted by Gasteiger charge is -2.12. The highest BCUT2D eigenvalue weighted by Crippen LogP contribution is 2.26. The fraction of sp³-hybridized carbons (Fsp3) is 0.143. The van der Waals surface area contributed by atoms with Gasteiger partial charge >= 0.3 is 0 Å². The van der Waals surface area contributed by atoms with Crippen molar-refractivity contribution in [2.24, 2.45) is 0 Å². The minimum atomic E-state index is -0.257. The number of halogens is 1. The first-order valence-electron chi connectivity index (χ1n) is 8.45. The molecule has 0 bridgehead atoms. The molecule has 3 aromatic rings. The number of pyridine rings is 1. The molecule has 0 spiro atoms. The van der Waals surface area contributed by atoms with Crippen molar-refractivity contribution >= 4 is 28.9 Å². The Morgan fingerprint density at radius 1 is 1.15 bits per heavy atom. The Morgan fingerprint density at radius 2 is 1.96 bits per heavy atom. The molecule has 1 amide bonds. The van der Waals surface area contributed by atoms with Crippen molar-refractivity contribution < 1.29 is 9.53 Å². The van der Waals surface area contributed by atoms with Gasteiger partial charge in [0.05, 0.1) is 24.0 Å². The van der Waals surface area contributed by atoms with Crippen LogP contribution < -0.4 is 15.4 Å². The molecule has 1 heterocycles. The van der Waals surface area contributed by atoms with Crippen LogP contribution in [0.4, 0.5) is 11.4 Å². The first kappa shape index (κ1) is 18.7. The number of nitrogens with one attached hydrogen (secondary N) is 2. The van der Waals surface area contributed by atoms with Crippen LogP contribution in [0.25, 0.3) is 0 Å². The summed E-state index contributed by atoms with van der Waals surface area (Å²) in [5.74, 6) is 0.350. The molecule has 27 heavy (non-hydrogen) atoms. The first-order chi connectivity index (χ1) is 13.1. The third kappa shape index (κ3) is 4.77. The van der Waals surface area contributed by atoms with E-state index in [0.717, 1.165) is 16.8 Å². The van der Waals surface area contributed by atoms with E-state index in [9.17, 15) is 4.79 Å². The van der Waals surface area contributed by atoms with Gasteiger partial charge in [-0.3, -0.25) is 9.78 Å². The Morgan fingerprint density at radius 3 is 2.74 bits per heavy atom. The Balaban J connectivity index is 1.72. The topological polar surface area (TPSA) is 63.2 Å². The highest BCUT2D eigenvalue weighted by Gasteiger charge is 2.11. The lowest BCUT2D eigenvalue weighted by molar-refractivity contribution is 0.102. The Labute approximate surface area is 163 Å². The average Bonchev–Trinajstić information content (AvgIpc) is 2.68. The number of hydrogen-bond acceptors (Lipinski definition) is 4. The summed E-state index contributed by atoms with van der Waals surface area (Å²) in [5, 5.41) is 6.81. The molecule has 138 valence electrons. The second kappa shape index (κ2) is 8.56. The molecule has 0 fully saturated rings. The molecule has 0 aliphatic rings. The van der Waals surface area contributed by atoms with Gasteiger partial charge in [-0.05, 0) is 42.3 Å². The number of amides is 1. The molecular formula is C21H20ClN3O2. The van der Waals surface area contributed by atoms with Crippen LogP contribution in [-0.4, -0.2) is 18.0 Å². The number of carbonyl (C=O) groups is 1. The van der Waals surface area contributed by atoms with Crippen molar-refractivity contribution in [1.29, 1.82) is 0 Å². The van der Waals surface area contributed by atoms with Crippen LogP contribution in [0.15, 0.2) is 60.9 Å². The number of rotatable bonds is 6. The predicted octanol–water partition coefficient (Wildman–Crippen LogP) is 4.92. The maximum absolute atomic E-state index is 12.6. The molecule has 1 aromatic heterocycles. The van der Waals surface area contributed by atoms with E-state index in [1.807, 2.05) is 49.4 Å². The van der Waals surface area contributed by atoms with Crippen molar-refractivity contribution in [3.05, 3.63) is 82.6 Å². The van der Waals surface area contributed by atoms with Gasteiger partial charge in [0.15, 0.2) is 0 Å². The van der Waals surface area contributed by atoms with E-state index in [1.165, 1.54) is 6.20 Å². The summed E-state index contributed by atoms with van der Waals surface area (Å²) in [5.41, 5.74) is 3.80. The fourth-order valence-electron chi connectivity index (χ4n) is 2.61. The van der Waals surface area contributed by atoms with Crippen molar-refractivity contribution in [2.45, 2.75) is 13.5 Å². The van der Waals surface area contributed by atoms with Crippen molar-refractivity contribution in [2.75, 3.05) is 17.7 Å². The molecule has 0 atom stereocenters. The van der Waals surface area contributed by atoms with Gasteiger partial charge in [-0.25, -0.2) is 0 Å². The van der Waals surface area contributed by atoms with Gasteiger partial charge in [-0.1, -0.05) is 35.9 Å². The van der Waals surface area contributed by atoms with Gasteiger partial charge in [0, 0.05) is 24.0 Å². The van der Waals surface area contributed by atoms with Crippen LogP contribution in [0.1, 0.15) is 21.5 Å². The van der Waals surface area contributed by atoms with Gasteiger partial charge in [0.1, 0.15) is 5.75 Å². The van der Waals surface area contributed by atoms with Crippen molar-refractivity contribution in [1.82, 2.24) is 4.98 Å². The van der Waals surface area contributed by atoms with Gasteiger partial charge in [-0.15, -0.1) is 0 Å². The Hall–Kier alpha value is -3.05. The van der Waals surface area contributed by atoms with E-state index in [2.05, 4.69) is 15.6 Å². The second-order valence-corrected chi connectivity index (χ2v) is 6.47. The second-order valence-electron chi connectivity index (χ2n) is 6.07. The first-order valence-corrected chi connectivity index (χ1v) is 8.83. The highest BCUT2D eigenvalue weighted by atomic mass is 35.5. The van der Waals surface area contributed by atoms with E-state index in [-0.39, 0.29) is 5.91 Å². The molecule has 2 aromatic carbocycles. The maximum atomic E-state index is 12.6. The molecule has 6 heteroatoms. The van der Waals surface area contributed by atoms with E-state index < -0.39 is 0 Å². The zero-order valence-electron chi connectivity index (χ0n) is 15.1. The van der Waals surface area contributed by atoms with E-state index >= 15 is 0 Å². The lowest BCUT2D eigenvalue weighted by Crippen LogP contribution is -2.13. The smallest absolute Gasteiger partial charge is 0.257 e. The third-order valence-corrected chi connectivity index (χ3v) is 4.41. The largest absolute Gasteiger partial charge is 0.495 e. The van der Waals surface area contributed by atoms with Gasteiger partial charge in [0.2, 0.25) is 0 Å². The number of methoxy groups -OCH3 is 1. The molecule has 2 N–H and O–H groups in total. The van der Waals surface area contributed by atoms with Crippen LogP contribution in [0.3, 0.4) is 0 Å². The van der Waals surface area contributed by atoms with Crippen LogP contribution in [-0.2, 0) is 6.54 Å². The summed E-state index contributed by atoms with van der Waals surface area (Å²) >= 11 is 6.17. The number of carbonyl (C=O) groups excluding carboxylic acids is 1. The minimum absolute atomic E-state index is 0.257. The van der Waals surface area contributed by atoms with Crippen molar-refractivity contribution in [3.8, 4) is 5.75 Å². The molecule has 3 rings (SSSR count). The van der Waals surface area contributed by atoms with Gasteiger partial charge < -0.3 is 15.4 Å². The molecule has 0 aliphatic carbocycles. The summed E-state index contributed by atoms with van der Waals surface area (Å²) < 4.78 is 5.30. The summed E-state index contributed by atoms with van der Waals surface area (Å²) in [6.45, 7) is 2.49. The summed E-state index contributed by atoms with van der Waals surface area (Å²) in [6, 6.07) is 15.0. The zero-order valence-corrected chi connectivity index (χ0v) is 15.9. The third-order valence-electron chi connectivity index (χ3n) is 4.04. The normalized spacial score (nSPS) is 10.3. The molecule has 0 aliphatic heterocycles. The van der Waals surface area contributed by atoms with E-state index in [0.29, 0.717) is 28.6 Å². The molecule has 0 saturated heterocycles. The average molecular weight is 382 g/mol. The molecule has 0 saturated carbocycles. The van der Waals surface area contributed by atoms with Crippen LogP contribution >= 0.6 is 11.6 Å². The number of ether oxygens (including phenoxy) is 1. The standard InChI is InChI=1S/C21H20ClN3O2/c1-14-7-8-20(27-2)19(9-14)25-21(26)16-10-17(13-23-11-16)24-12-15-5-3-4-6-18(15)22/h3-11,13,24H,12H2,1-2H3,(H,25,26). The zero-order chi connectivity index (χ0) is 19.2. The monoisotopic (exact) mass is 381 g/mol. The number of hydrogen-bond donors (Lipinski definition) is 2. The highest BCUT2D eigenvalue weighted by molar-refractivity contribution is 6.31. The summed E-state index contributed by atoms with van der Waals surface area (Å²) in [7, 11) is 1.57. The molecular weight excluding hydrogens is 362 g/mol. The van der Waals surface area contributed by atoms with Crippen molar-refractivity contribution in [3.63, 3.8) is 0 Å². The quantitative estimate of drug-likeness (QED) is 0.636. The number of benzene rings is 2. The van der Waals surface area contributed by atoms with Crippen LogP contribution in [0, 0.1) is 6.92 Å². The number of anilines is 2. The van der Waals surface area contributed by atoms with E-state index in [4.69, 9.17) is 16.3 Å². The predicted molar refractivity (Wildman–Crippen MR) is 109 cm³/mol. The lowest BCUT2D eigenvalue weighted by atomic mass is 10.2. The Kier molecular flexibility index (Phi) is 5.94.